The maximum atomic E-state index is 13.8. The molecule has 1 heterocycles. The van der Waals surface area contributed by atoms with Gasteiger partial charge in [0, 0.05) is 55.1 Å². The van der Waals surface area contributed by atoms with Crippen molar-refractivity contribution in [3.05, 3.63) is 82.9 Å². The van der Waals surface area contributed by atoms with Crippen molar-refractivity contribution in [1.82, 2.24) is 0 Å². The molecule has 38 heavy (non-hydrogen) atoms. The van der Waals surface area contributed by atoms with Gasteiger partial charge in [0.05, 0.1) is 11.7 Å². The lowest BCUT2D eigenvalue weighted by Crippen LogP contribution is -2.47. The summed E-state index contributed by atoms with van der Waals surface area (Å²) in [5.74, 6) is -1.13. The van der Waals surface area contributed by atoms with Gasteiger partial charge in [0.2, 0.25) is 5.91 Å². The maximum absolute atomic E-state index is 13.8. The number of nitrogens with zero attached hydrogens (tertiary/aromatic N) is 3. The van der Waals surface area contributed by atoms with E-state index in [1.807, 2.05) is 38.1 Å². The average molecular weight is 536 g/mol. The van der Waals surface area contributed by atoms with E-state index in [0.29, 0.717) is 34.1 Å². The number of halogens is 1. The van der Waals surface area contributed by atoms with Crippen LogP contribution in [0.2, 0.25) is 5.02 Å². The van der Waals surface area contributed by atoms with Gasteiger partial charge in [-0.05, 0) is 73.5 Å². The highest BCUT2D eigenvalue weighted by Gasteiger charge is 2.38. The summed E-state index contributed by atoms with van der Waals surface area (Å²) in [6.07, 6.45) is 0.492. The fourth-order valence-corrected chi connectivity index (χ4v) is 4.95. The van der Waals surface area contributed by atoms with Crippen LogP contribution in [0, 0.1) is 0 Å². The number of anilines is 3. The zero-order valence-electron chi connectivity index (χ0n) is 21.7. The van der Waals surface area contributed by atoms with E-state index in [2.05, 4.69) is 0 Å². The molecule has 1 aliphatic rings. The highest BCUT2D eigenvalue weighted by atomic mass is 35.5. The van der Waals surface area contributed by atoms with Gasteiger partial charge in [0.1, 0.15) is 5.75 Å². The van der Waals surface area contributed by atoms with Crippen molar-refractivity contribution in [3.63, 3.8) is 0 Å². The van der Waals surface area contributed by atoms with Crippen LogP contribution in [0.1, 0.15) is 42.2 Å². The molecule has 0 fully saturated rings. The van der Waals surface area contributed by atoms with Crippen LogP contribution in [0.3, 0.4) is 0 Å². The molecular formula is C29H30ClN3O5. The van der Waals surface area contributed by atoms with Crippen LogP contribution in [0.25, 0.3) is 0 Å². The molecule has 4 rings (SSSR count). The molecule has 0 unspecified atom stereocenters. The topological polar surface area (TPSA) is 90.4 Å². The Morgan fingerprint density at radius 3 is 2.21 bits per heavy atom. The monoisotopic (exact) mass is 535 g/mol. The number of carboxylic acid groups (broad SMARTS) is 1. The molecule has 0 saturated carbocycles. The van der Waals surface area contributed by atoms with Gasteiger partial charge in [-0.2, -0.15) is 0 Å². The molecule has 8 nitrogen and oxygen atoms in total. The Morgan fingerprint density at radius 2 is 1.63 bits per heavy atom. The lowest BCUT2D eigenvalue weighted by molar-refractivity contribution is -0.139. The minimum Gasteiger partial charge on any atom is -0.482 e. The highest BCUT2D eigenvalue weighted by molar-refractivity contribution is 6.30. The molecule has 3 aromatic carbocycles. The third-order valence-electron chi connectivity index (χ3n) is 6.59. The summed E-state index contributed by atoms with van der Waals surface area (Å²) in [6.45, 7) is 2.93. The minimum absolute atomic E-state index is 0.152. The van der Waals surface area contributed by atoms with E-state index in [9.17, 15) is 14.4 Å². The molecule has 1 aliphatic heterocycles. The minimum atomic E-state index is -1.10. The number of benzene rings is 3. The Morgan fingerprint density at radius 1 is 1.00 bits per heavy atom. The summed E-state index contributed by atoms with van der Waals surface area (Å²) in [5, 5.41) is 9.64. The van der Waals surface area contributed by atoms with Gasteiger partial charge >= 0.3 is 5.97 Å². The van der Waals surface area contributed by atoms with Gasteiger partial charge in [-0.25, -0.2) is 4.79 Å². The zero-order valence-corrected chi connectivity index (χ0v) is 22.5. The number of carbonyl (C=O) groups is 3. The third-order valence-corrected chi connectivity index (χ3v) is 6.85. The molecule has 0 bridgehead atoms. The van der Waals surface area contributed by atoms with Crippen molar-refractivity contribution in [2.45, 2.75) is 32.4 Å². The lowest BCUT2D eigenvalue weighted by Gasteiger charge is -2.43. The number of fused-ring (bicyclic) bond motifs is 1. The quantitative estimate of drug-likeness (QED) is 0.435. The van der Waals surface area contributed by atoms with Crippen LogP contribution in [-0.2, 0) is 9.59 Å². The number of hydrogen-bond donors (Lipinski definition) is 1. The summed E-state index contributed by atoms with van der Waals surface area (Å²) < 4.78 is 5.45. The fourth-order valence-electron chi connectivity index (χ4n) is 4.82. The van der Waals surface area contributed by atoms with Gasteiger partial charge < -0.3 is 24.5 Å². The second kappa shape index (κ2) is 11.1. The predicted octanol–water partition coefficient (Wildman–Crippen LogP) is 5.40. The Labute approximate surface area is 227 Å². The molecule has 0 spiro atoms. The number of rotatable bonds is 7. The molecule has 0 aliphatic carbocycles. The van der Waals surface area contributed by atoms with Crippen LogP contribution >= 0.6 is 11.6 Å². The second-order valence-corrected chi connectivity index (χ2v) is 9.92. The summed E-state index contributed by atoms with van der Waals surface area (Å²) in [4.78, 5) is 43.2. The van der Waals surface area contributed by atoms with E-state index in [-0.39, 0.29) is 23.9 Å². The van der Waals surface area contributed by atoms with Gasteiger partial charge in [0.15, 0.2) is 6.61 Å². The zero-order chi connectivity index (χ0) is 27.6. The third kappa shape index (κ3) is 5.60. The first-order valence-corrected chi connectivity index (χ1v) is 12.6. The van der Waals surface area contributed by atoms with Crippen LogP contribution in [-0.4, -0.2) is 49.6 Å². The molecule has 1 N–H and O–H groups in total. The largest absolute Gasteiger partial charge is 0.482 e. The predicted molar refractivity (Wildman–Crippen MR) is 149 cm³/mol. The van der Waals surface area contributed by atoms with Crippen molar-refractivity contribution < 1.29 is 24.2 Å². The van der Waals surface area contributed by atoms with E-state index in [4.69, 9.17) is 21.4 Å². The number of hydrogen-bond acceptors (Lipinski definition) is 5. The van der Waals surface area contributed by atoms with E-state index in [1.165, 1.54) is 6.92 Å². The second-order valence-electron chi connectivity index (χ2n) is 9.49. The van der Waals surface area contributed by atoms with E-state index in [1.54, 1.807) is 64.4 Å². The Hall–Kier alpha value is -4.04. The standard InChI is InChI=1S/C29H30ClN3O5/c1-18-15-26(33(19(2)34)23-11-7-21(30)8-12-23)25-14-13-24(38-17-28(35)36)16-27(25)32(18)29(37)20-5-9-22(10-6-20)31(3)4/h5-14,16,18,26H,15,17H2,1-4H3,(H,35,36)/t18-,26+/m0/s1. The maximum Gasteiger partial charge on any atom is 0.341 e. The number of carboxylic acids is 1. The summed E-state index contributed by atoms with van der Waals surface area (Å²) in [5.41, 5.74) is 3.51. The molecule has 198 valence electrons. The fraction of sp³-hybridized carbons (Fsp3) is 0.276. The van der Waals surface area contributed by atoms with Crippen molar-refractivity contribution in [2.75, 3.05) is 35.4 Å². The van der Waals surface area contributed by atoms with Crippen LogP contribution < -0.4 is 19.4 Å². The average Bonchev–Trinajstić information content (AvgIpc) is 2.88. The molecule has 9 heteroatoms. The SMILES string of the molecule is CC(=O)N(c1ccc(Cl)cc1)[C@@H]1C[C@H](C)N(C(=O)c2ccc(N(C)C)cc2)c2cc(OCC(=O)O)ccc21. The Balaban J connectivity index is 1.80. The number of carbonyl (C=O) groups excluding carboxylic acids is 2. The number of ether oxygens (including phenoxy) is 1. The van der Waals surface area contributed by atoms with Crippen molar-refractivity contribution in [2.24, 2.45) is 0 Å². The molecule has 2 atom stereocenters. The molecule has 0 aromatic heterocycles. The lowest BCUT2D eigenvalue weighted by atomic mass is 9.89. The van der Waals surface area contributed by atoms with Crippen LogP contribution in [0.15, 0.2) is 66.7 Å². The van der Waals surface area contributed by atoms with E-state index < -0.39 is 12.6 Å². The first-order valence-electron chi connectivity index (χ1n) is 12.2. The molecule has 2 amide bonds. The van der Waals surface area contributed by atoms with E-state index in [0.717, 1.165) is 11.3 Å². The molecule has 3 aromatic rings. The first-order chi connectivity index (χ1) is 18.1. The van der Waals surface area contributed by atoms with Gasteiger partial charge in [0.25, 0.3) is 5.91 Å². The molecule has 0 saturated heterocycles. The number of aliphatic carboxylic acids is 1. The van der Waals surface area contributed by atoms with Crippen LogP contribution in [0.5, 0.6) is 5.75 Å². The van der Waals surface area contributed by atoms with Crippen LogP contribution in [0.4, 0.5) is 17.1 Å². The van der Waals surface area contributed by atoms with Gasteiger partial charge in [-0.3, -0.25) is 9.59 Å². The normalized spacial score (nSPS) is 16.4. The first kappa shape index (κ1) is 27.0. The number of amides is 2. The van der Waals surface area contributed by atoms with E-state index >= 15 is 0 Å². The summed E-state index contributed by atoms with van der Waals surface area (Å²) in [7, 11) is 3.86. The molecular weight excluding hydrogens is 506 g/mol. The highest BCUT2D eigenvalue weighted by Crippen LogP contribution is 2.44. The summed E-state index contributed by atoms with van der Waals surface area (Å²) in [6, 6.07) is 18.9. The van der Waals surface area contributed by atoms with Gasteiger partial charge in [-0.1, -0.05) is 17.7 Å². The van der Waals surface area contributed by atoms with Crippen molar-refractivity contribution in [1.29, 1.82) is 0 Å². The Bertz CT molecular complexity index is 1340. The van der Waals surface area contributed by atoms with Crippen molar-refractivity contribution in [3.8, 4) is 5.75 Å². The van der Waals surface area contributed by atoms with Gasteiger partial charge in [-0.15, -0.1) is 0 Å². The van der Waals surface area contributed by atoms with Crippen molar-refractivity contribution >= 4 is 46.4 Å². The smallest absolute Gasteiger partial charge is 0.341 e. The summed E-state index contributed by atoms with van der Waals surface area (Å²) >= 11 is 6.09. The molecule has 0 radical (unpaired) electrons. The Kier molecular flexibility index (Phi) is 7.92.